The molecule has 1 N–H and O–H groups in total. The first kappa shape index (κ1) is 15.4. The first-order valence-corrected chi connectivity index (χ1v) is 4.93. The van der Waals surface area contributed by atoms with Gasteiger partial charge in [-0.15, -0.1) is 13.2 Å². The number of hydrogen-bond donors (Lipinski definition) is 1. The van der Waals surface area contributed by atoms with Gasteiger partial charge in [0.05, 0.1) is 17.7 Å². The van der Waals surface area contributed by atoms with Gasteiger partial charge < -0.3 is 9.84 Å². The van der Waals surface area contributed by atoms with E-state index in [1.807, 2.05) is 0 Å². The number of hydrogen-bond acceptors (Lipinski definition) is 3. The number of alkyl halides is 5. The van der Waals surface area contributed by atoms with Crippen LogP contribution in [0, 0.1) is 0 Å². The summed E-state index contributed by atoms with van der Waals surface area (Å²) in [6.07, 6.45) is -9.31. The molecule has 1 aromatic heterocycles. The highest BCUT2D eigenvalue weighted by atomic mass is 35.5. The molecular weight excluding hydrogens is 301 g/mol. The zero-order valence-electron chi connectivity index (χ0n) is 8.84. The highest BCUT2D eigenvalue weighted by molar-refractivity contribution is 6.31. The second kappa shape index (κ2) is 5.55. The number of carboxylic acid groups (broad SMARTS) is 1. The van der Waals surface area contributed by atoms with Crippen LogP contribution in [0.15, 0.2) is 6.07 Å². The number of ether oxygens (including phenoxy) is 1. The predicted octanol–water partition coefficient (Wildman–Crippen LogP) is 3.20. The van der Waals surface area contributed by atoms with E-state index >= 15 is 0 Å². The Hall–Kier alpha value is -1.64. The summed E-state index contributed by atoms with van der Waals surface area (Å²) in [6, 6.07) is 0.506. The molecule has 0 aliphatic heterocycles. The number of halogens is 6. The van der Waals surface area contributed by atoms with Gasteiger partial charge in [-0.25, -0.2) is 13.8 Å². The molecule has 19 heavy (non-hydrogen) atoms. The van der Waals surface area contributed by atoms with Gasteiger partial charge in [-0.3, -0.25) is 4.79 Å². The second-order valence-electron chi connectivity index (χ2n) is 3.24. The number of carbonyl (C=O) groups is 1. The second-order valence-corrected chi connectivity index (χ2v) is 3.60. The Morgan fingerprint density at radius 2 is 2.05 bits per heavy atom. The first-order chi connectivity index (χ1) is 8.60. The molecule has 0 aliphatic rings. The van der Waals surface area contributed by atoms with Crippen LogP contribution in [0.25, 0.3) is 0 Å². The van der Waals surface area contributed by atoms with E-state index in [1.54, 1.807) is 0 Å². The Bertz CT molecular complexity index is 491. The number of nitrogens with zero attached hydrogens (tertiary/aromatic N) is 1. The molecule has 10 heteroatoms. The molecule has 0 spiro atoms. The maximum absolute atomic E-state index is 12.6. The van der Waals surface area contributed by atoms with Crippen LogP contribution in [0.1, 0.15) is 17.7 Å². The minimum absolute atomic E-state index is 0.401. The molecular formula is C9H5ClF5NO3. The number of aliphatic carboxylic acids is 1. The summed E-state index contributed by atoms with van der Waals surface area (Å²) in [7, 11) is 0. The summed E-state index contributed by atoms with van der Waals surface area (Å²) in [5, 5.41) is 7.48. The maximum atomic E-state index is 12.6. The SMILES string of the molecule is O=C(O)Cc1cc(C(F)F)c(OC(F)(F)F)c(Cl)n1. The predicted molar refractivity (Wildman–Crippen MR) is 52.2 cm³/mol. The van der Waals surface area contributed by atoms with Gasteiger partial charge >= 0.3 is 12.3 Å². The van der Waals surface area contributed by atoms with Crippen molar-refractivity contribution in [2.24, 2.45) is 0 Å². The summed E-state index contributed by atoms with van der Waals surface area (Å²) in [6.45, 7) is 0. The summed E-state index contributed by atoms with van der Waals surface area (Å²) in [4.78, 5) is 13.7. The van der Waals surface area contributed by atoms with Gasteiger partial charge in [-0.2, -0.15) is 0 Å². The molecule has 0 amide bonds. The van der Waals surface area contributed by atoms with E-state index in [2.05, 4.69) is 9.72 Å². The van der Waals surface area contributed by atoms with Crippen LogP contribution >= 0.6 is 11.6 Å². The molecule has 0 unspecified atom stereocenters. The van der Waals surface area contributed by atoms with Crippen LogP contribution in [0.5, 0.6) is 5.75 Å². The highest BCUT2D eigenvalue weighted by Crippen LogP contribution is 2.37. The van der Waals surface area contributed by atoms with E-state index in [-0.39, 0.29) is 0 Å². The van der Waals surface area contributed by atoms with Gasteiger partial charge in [0, 0.05) is 0 Å². The molecule has 0 aliphatic carbocycles. The molecule has 0 radical (unpaired) electrons. The van der Waals surface area contributed by atoms with Gasteiger partial charge in [0.1, 0.15) is 0 Å². The fraction of sp³-hybridized carbons (Fsp3) is 0.333. The molecule has 1 aromatic rings. The van der Waals surface area contributed by atoms with Crippen molar-refractivity contribution in [1.82, 2.24) is 4.98 Å². The summed E-state index contributed by atoms with van der Waals surface area (Å²) in [5.41, 5.74) is -1.57. The van der Waals surface area contributed by atoms with Crippen LogP contribution < -0.4 is 4.74 Å². The van der Waals surface area contributed by atoms with Crippen LogP contribution in [0.4, 0.5) is 22.0 Å². The van der Waals surface area contributed by atoms with E-state index in [0.717, 1.165) is 0 Å². The maximum Gasteiger partial charge on any atom is 0.573 e. The quantitative estimate of drug-likeness (QED) is 0.685. The minimum Gasteiger partial charge on any atom is -0.481 e. The van der Waals surface area contributed by atoms with E-state index in [1.165, 1.54) is 0 Å². The van der Waals surface area contributed by atoms with Crippen molar-refractivity contribution in [2.75, 3.05) is 0 Å². The van der Waals surface area contributed by atoms with Crippen LogP contribution in [-0.2, 0) is 11.2 Å². The van der Waals surface area contributed by atoms with Gasteiger partial charge in [0.15, 0.2) is 10.9 Å². The Labute approximate surface area is 107 Å². The zero-order chi connectivity index (χ0) is 14.8. The number of carboxylic acids is 1. The monoisotopic (exact) mass is 305 g/mol. The normalized spacial score (nSPS) is 11.7. The van der Waals surface area contributed by atoms with E-state index in [4.69, 9.17) is 16.7 Å². The average molecular weight is 306 g/mol. The van der Waals surface area contributed by atoms with Crippen LogP contribution in [-0.4, -0.2) is 22.4 Å². The van der Waals surface area contributed by atoms with Gasteiger partial charge in [0.25, 0.3) is 6.43 Å². The summed E-state index contributed by atoms with van der Waals surface area (Å²) in [5.74, 6) is -2.73. The summed E-state index contributed by atoms with van der Waals surface area (Å²) >= 11 is 5.31. The number of aromatic nitrogens is 1. The Morgan fingerprint density at radius 1 is 1.47 bits per heavy atom. The highest BCUT2D eigenvalue weighted by Gasteiger charge is 2.35. The van der Waals surface area contributed by atoms with Crippen molar-refractivity contribution in [1.29, 1.82) is 0 Å². The average Bonchev–Trinajstić information content (AvgIpc) is 2.18. The van der Waals surface area contributed by atoms with Crippen LogP contribution in [0.3, 0.4) is 0 Å². The van der Waals surface area contributed by atoms with E-state index in [0.29, 0.717) is 6.07 Å². The zero-order valence-corrected chi connectivity index (χ0v) is 9.60. The molecule has 0 atom stereocenters. The molecule has 0 aromatic carbocycles. The topological polar surface area (TPSA) is 59.4 Å². The molecule has 0 fully saturated rings. The van der Waals surface area contributed by atoms with Crippen molar-refractivity contribution in [3.05, 3.63) is 22.5 Å². The van der Waals surface area contributed by atoms with Crippen molar-refractivity contribution in [3.8, 4) is 5.75 Å². The largest absolute Gasteiger partial charge is 0.573 e. The van der Waals surface area contributed by atoms with E-state index in [9.17, 15) is 26.7 Å². The van der Waals surface area contributed by atoms with Gasteiger partial charge in [0.2, 0.25) is 0 Å². The van der Waals surface area contributed by atoms with Crippen molar-refractivity contribution >= 4 is 17.6 Å². The smallest absolute Gasteiger partial charge is 0.481 e. The lowest BCUT2D eigenvalue weighted by Gasteiger charge is -2.14. The van der Waals surface area contributed by atoms with Crippen molar-refractivity contribution < 1.29 is 36.6 Å². The lowest BCUT2D eigenvalue weighted by Crippen LogP contribution is -2.19. The third-order valence-corrected chi connectivity index (χ3v) is 2.05. The summed E-state index contributed by atoms with van der Waals surface area (Å²) < 4.78 is 64.7. The minimum atomic E-state index is -5.22. The lowest BCUT2D eigenvalue weighted by molar-refractivity contribution is -0.275. The fourth-order valence-electron chi connectivity index (χ4n) is 1.20. The molecule has 0 saturated carbocycles. The Balaban J connectivity index is 3.27. The molecule has 0 saturated heterocycles. The molecule has 4 nitrogen and oxygen atoms in total. The standard InChI is InChI=1S/C9H5ClF5NO3/c10-7-6(19-9(13,14)15)4(8(11)12)1-3(16-7)2-5(17)18/h1,8H,2H2,(H,17,18). The third kappa shape index (κ3) is 4.51. The van der Waals surface area contributed by atoms with Crippen molar-refractivity contribution in [2.45, 2.75) is 19.2 Å². The van der Waals surface area contributed by atoms with Gasteiger partial charge in [-0.1, -0.05) is 11.6 Å². The lowest BCUT2D eigenvalue weighted by atomic mass is 10.2. The number of rotatable bonds is 4. The fourth-order valence-corrected chi connectivity index (χ4v) is 1.45. The molecule has 0 bridgehead atoms. The van der Waals surface area contributed by atoms with Crippen LogP contribution in [0.2, 0.25) is 5.15 Å². The number of pyridine rings is 1. The Kier molecular flexibility index (Phi) is 4.51. The van der Waals surface area contributed by atoms with Crippen molar-refractivity contribution in [3.63, 3.8) is 0 Å². The van der Waals surface area contributed by atoms with E-state index < -0.39 is 47.3 Å². The molecule has 1 rings (SSSR count). The third-order valence-electron chi connectivity index (χ3n) is 1.80. The Morgan fingerprint density at radius 3 is 2.47 bits per heavy atom. The first-order valence-electron chi connectivity index (χ1n) is 4.55. The molecule has 1 heterocycles. The molecule has 106 valence electrons. The van der Waals surface area contributed by atoms with Gasteiger partial charge in [-0.05, 0) is 6.07 Å².